The molecule has 6 heteroatoms. The van der Waals surface area contributed by atoms with Crippen molar-refractivity contribution in [3.63, 3.8) is 0 Å². The molecule has 4 aromatic rings. The number of nitrogens with one attached hydrogen (secondary N) is 2. The predicted molar refractivity (Wildman–Crippen MR) is 130 cm³/mol. The van der Waals surface area contributed by atoms with E-state index >= 15 is 0 Å². The topological polar surface area (TPSA) is 75.5 Å². The highest BCUT2D eigenvalue weighted by molar-refractivity contribution is 6.11. The third-order valence-electron chi connectivity index (χ3n) is 5.37. The summed E-state index contributed by atoms with van der Waals surface area (Å²) >= 11 is 0. The number of para-hydroxylation sites is 1. The number of hydrazone groups is 1. The van der Waals surface area contributed by atoms with Gasteiger partial charge in [-0.15, -0.1) is 0 Å². The van der Waals surface area contributed by atoms with Crippen molar-refractivity contribution in [2.24, 2.45) is 5.10 Å². The second kappa shape index (κ2) is 9.47. The van der Waals surface area contributed by atoms with Gasteiger partial charge in [-0.25, -0.2) is 5.43 Å². The summed E-state index contributed by atoms with van der Waals surface area (Å²) in [5.41, 5.74) is 7.03. The molecule has 4 rings (SSSR count). The Labute approximate surface area is 186 Å². The number of carbonyl (C=O) groups excluding carboxylic acids is 2. The summed E-state index contributed by atoms with van der Waals surface area (Å²) < 4.78 is 2.27. The van der Waals surface area contributed by atoms with Crippen LogP contribution in [0, 0.1) is 0 Å². The van der Waals surface area contributed by atoms with E-state index in [1.54, 1.807) is 6.92 Å². The lowest BCUT2D eigenvalue weighted by Gasteiger charge is -2.07. The molecule has 6 nitrogen and oxygen atoms in total. The minimum atomic E-state index is -0.214. The molecule has 3 aromatic carbocycles. The van der Waals surface area contributed by atoms with Gasteiger partial charge in [-0.2, -0.15) is 5.10 Å². The second-order valence-corrected chi connectivity index (χ2v) is 7.76. The SMILES string of the molecule is CCn1c2ccccc2c2cc(NC(=O)C/C(C)=N/NC(=O)Cc3ccccc3)ccc21. The molecule has 0 fully saturated rings. The van der Waals surface area contributed by atoms with E-state index in [0.717, 1.165) is 28.7 Å². The quantitative estimate of drug-likeness (QED) is 0.326. The zero-order chi connectivity index (χ0) is 22.5. The number of rotatable bonds is 7. The van der Waals surface area contributed by atoms with Gasteiger partial charge in [0.2, 0.25) is 11.8 Å². The van der Waals surface area contributed by atoms with E-state index in [4.69, 9.17) is 0 Å². The van der Waals surface area contributed by atoms with Crippen LogP contribution < -0.4 is 10.7 Å². The molecule has 0 saturated heterocycles. The van der Waals surface area contributed by atoms with Crippen LogP contribution >= 0.6 is 0 Å². The highest BCUT2D eigenvalue weighted by Crippen LogP contribution is 2.31. The number of aromatic nitrogens is 1. The van der Waals surface area contributed by atoms with Gasteiger partial charge in [0, 0.05) is 39.7 Å². The first kappa shape index (κ1) is 21.3. The highest BCUT2D eigenvalue weighted by Gasteiger charge is 2.11. The molecule has 1 aromatic heterocycles. The molecule has 0 aliphatic rings. The second-order valence-electron chi connectivity index (χ2n) is 7.76. The number of aryl methyl sites for hydroxylation is 1. The number of hydrogen-bond donors (Lipinski definition) is 2. The van der Waals surface area contributed by atoms with E-state index in [2.05, 4.69) is 39.5 Å². The van der Waals surface area contributed by atoms with Crippen LogP contribution in [0.2, 0.25) is 0 Å². The van der Waals surface area contributed by atoms with E-state index in [0.29, 0.717) is 5.71 Å². The molecule has 0 saturated carbocycles. The summed E-state index contributed by atoms with van der Waals surface area (Å²) in [6.07, 6.45) is 0.343. The van der Waals surface area contributed by atoms with Gasteiger partial charge in [0.15, 0.2) is 0 Å². The number of carbonyl (C=O) groups is 2. The molecule has 0 atom stereocenters. The van der Waals surface area contributed by atoms with Crippen molar-refractivity contribution in [2.75, 3.05) is 5.32 Å². The first-order chi connectivity index (χ1) is 15.5. The van der Waals surface area contributed by atoms with Crippen molar-refractivity contribution in [3.05, 3.63) is 78.4 Å². The molecule has 0 bridgehead atoms. The maximum absolute atomic E-state index is 12.5. The Morgan fingerprint density at radius 3 is 2.38 bits per heavy atom. The minimum Gasteiger partial charge on any atom is -0.341 e. The summed E-state index contributed by atoms with van der Waals surface area (Å²) in [5, 5.41) is 9.28. The van der Waals surface area contributed by atoms with Crippen molar-refractivity contribution in [2.45, 2.75) is 33.2 Å². The van der Waals surface area contributed by atoms with Gasteiger partial charge in [-0.3, -0.25) is 9.59 Å². The molecule has 162 valence electrons. The Kier molecular flexibility index (Phi) is 6.31. The lowest BCUT2D eigenvalue weighted by molar-refractivity contribution is -0.120. The van der Waals surface area contributed by atoms with Crippen molar-refractivity contribution in [1.29, 1.82) is 0 Å². The fraction of sp³-hybridized carbons (Fsp3) is 0.192. The average Bonchev–Trinajstić information content (AvgIpc) is 3.11. The van der Waals surface area contributed by atoms with Crippen LogP contribution in [0.3, 0.4) is 0 Å². The standard InChI is InChI=1S/C26H26N4O2/c1-3-30-23-12-8-7-11-21(23)22-17-20(13-14-24(22)30)27-25(31)15-18(2)28-29-26(32)16-19-9-5-4-6-10-19/h4-14,17H,3,15-16H2,1-2H3,(H,27,31)(H,29,32)/b28-18+. The summed E-state index contributed by atoms with van der Waals surface area (Å²) in [7, 11) is 0. The van der Waals surface area contributed by atoms with Crippen LogP contribution in [-0.2, 0) is 22.6 Å². The number of amides is 2. The highest BCUT2D eigenvalue weighted by atomic mass is 16.2. The van der Waals surface area contributed by atoms with Gasteiger partial charge in [-0.05, 0) is 43.7 Å². The first-order valence-electron chi connectivity index (χ1n) is 10.7. The molecule has 2 N–H and O–H groups in total. The first-order valence-corrected chi connectivity index (χ1v) is 10.7. The molecule has 2 amide bonds. The van der Waals surface area contributed by atoms with E-state index in [9.17, 15) is 9.59 Å². The molecule has 32 heavy (non-hydrogen) atoms. The Morgan fingerprint density at radius 1 is 0.875 bits per heavy atom. The Bertz CT molecular complexity index is 1310. The molecule has 0 aliphatic carbocycles. The lowest BCUT2D eigenvalue weighted by Crippen LogP contribution is -2.22. The largest absolute Gasteiger partial charge is 0.341 e. The molecule has 0 unspecified atom stereocenters. The Balaban J connectivity index is 1.40. The van der Waals surface area contributed by atoms with Gasteiger partial charge >= 0.3 is 0 Å². The minimum absolute atomic E-state index is 0.0976. The van der Waals surface area contributed by atoms with Crippen LogP contribution in [0.5, 0.6) is 0 Å². The van der Waals surface area contributed by atoms with Crippen molar-refractivity contribution in [3.8, 4) is 0 Å². The monoisotopic (exact) mass is 426 g/mol. The zero-order valence-electron chi connectivity index (χ0n) is 18.3. The van der Waals surface area contributed by atoms with Gasteiger partial charge in [0.25, 0.3) is 0 Å². The van der Waals surface area contributed by atoms with E-state index in [1.807, 2.05) is 60.7 Å². The fourth-order valence-electron chi connectivity index (χ4n) is 3.93. The number of hydrogen-bond acceptors (Lipinski definition) is 3. The molecular formula is C26H26N4O2. The molecule has 0 spiro atoms. The molecular weight excluding hydrogens is 400 g/mol. The number of anilines is 1. The number of fused-ring (bicyclic) bond motifs is 3. The number of nitrogens with zero attached hydrogens (tertiary/aromatic N) is 2. The summed E-state index contributed by atoms with van der Waals surface area (Å²) in [6.45, 7) is 4.73. The predicted octanol–water partition coefficient (Wildman–Crippen LogP) is 4.88. The van der Waals surface area contributed by atoms with Crippen LogP contribution in [-0.4, -0.2) is 22.1 Å². The lowest BCUT2D eigenvalue weighted by atomic mass is 10.1. The maximum Gasteiger partial charge on any atom is 0.244 e. The van der Waals surface area contributed by atoms with Crippen LogP contribution in [0.4, 0.5) is 5.69 Å². The van der Waals surface area contributed by atoms with E-state index in [-0.39, 0.29) is 24.7 Å². The molecule has 1 heterocycles. The van der Waals surface area contributed by atoms with E-state index in [1.165, 1.54) is 10.9 Å². The number of benzene rings is 3. The van der Waals surface area contributed by atoms with Crippen LogP contribution in [0.25, 0.3) is 21.8 Å². The van der Waals surface area contributed by atoms with Gasteiger partial charge in [-0.1, -0.05) is 48.5 Å². The average molecular weight is 427 g/mol. The van der Waals surface area contributed by atoms with Crippen LogP contribution in [0.1, 0.15) is 25.8 Å². The third kappa shape index (κ3) is 4.70. The van der Waals surface area contributed by atoms with Gasteiger partial charge in [0.05, 0.1) is 12.8 Å². The van der Waals surface area contributed by atoms with Crippen LogP contribution in [0.15, 0.2) is 77.9 Å². The normalized spacial score (nSPS) is 11.6. The summed E-state index contributed by atoms with van der Waals surface area (Å²) in [6, 6.07) is 23.7. The summed E-state index contributed by atoms with van der Waals surface area (Å²) in [5.74, 6) is -0.393. The molecule has 0 radical (unpaired) electrons. The third-order valence-corrected chi connectivity index (χ3v) is 5.37. The van der Waals surface area contributed by atoms with Gasteiger partial charge in [0.1, 0.15) is 0 Å². The van der Waals surface area contributed by atoms with Gasteiger partial charge < -0.3 is 9.88 Å². The molecule has 0 aliphatic heterocycles. The van der Waals surface area contributed by atoms with E-state index < -0.39 is 0 Å². The Hall–Kier alpha value is -3.93. The van der Waals surface area contributed by atoms with Crippen molar-refractivity contribution >= 4 is 45.0 Å². The zero-order valence-corrected chi connectivity index (χ0v) is 18.3. The summed E-state index contributed by atoms with van der Waals surface area (Å²) in [4.78, 5) is 24.5. The van der Waals surface area contributed by atoms with Crippen molar-refractivity contribution < 1.29 is 9.59 Å². The maximum atomic E-state index is 12.5. The van der Waals surface area contributed by atoms with Crippen molar-refractivity contribution in [1.82, 2.24) is 9.99 Å². The Morgan fingerprint density at radius 2 is 1.59 bits per heavy atom. The smallest absolute Gasteiger partial charge is 0.244 e. The fourth-order valence-corrected chi connectivity index (χ4v) is 3.93.